The van der Waals surface area contributed by atoms with Crippen LogP contribution in [0.5, 0.6) is 0 Å². The van der Waals surface area contributed by atoms with Crippen LogP contribution in [0.25, 0.3) is 0 Å². The van der Waals surface area contributed by atoms with Gasteiger partial charge in [0.15, 0.2) is 0 Å². The first-order chi connectivity index (χ1) is 7.11. The van der Waals surface area contributed by atoms with Crippen molar-refractivity contribution in [3.05, 3.63) is 0 Å². The summed E-state index contributed by atoms with van der Waals surface area (Å²) in [7, 11) is -2.96. The number of nitrogens with one attached hydrogen (secondary N) is 1. The Hall–Kier alpha value is -0.340. The molecule has 0 aromatic rings. The number of hydrogen-bond donors (Lipinski definition) is 1. The van der Waals surface area contributed by atoms with Crippen molar-refractivity contribution < 1.29 is 21.6 Å². The summed E-state index contributed by atoms with van der Waals surface area (Å²) in [6, 6.07) is 0. The van der Waals surface area contributed by atoms with Gasteiger partial charge in [-0.05, 0) is 13.5 Å². The van der Waals surface area contributed by atoms with Crippen LogP contribution in [0.1, 0.15) is 13.8 Å². The Kier molecular flexibility index (Phi) is 5.71. The van der Waals surface area contributed by atoms with Crippen molar-refractivity contribution in [3.63, 3.8) is 0 Å². The maximum absolute atomic E-state index is 12.0. The Morgan fingerprint density at radius 1 is 1.38 bits per heavy atom. The summed E-state index contributed by atoms with van der Waals surface area (Å²) in [6.07, 6.45) is -4.51. The van der Waals surface area contributed by atoms with E-state index in [1.165, 1.54) is 6.92 Å². The molecule has 1 unspecified atom stereocenters. The van der Waals surface area contributed by atoms with E-state index in [-0.39, 0.29) is 6.54 Å². The molecule has 16 heavy (non-hydrogen) atoms. The molecule has 0 aromatic heterocycles. The molecule has 8 heteroatoms. The highest BCUT2D eigenvalue weighted by Gasteiger charge is 2.36. The summed E-state index contributed by atoms with van der Waals surface area (Å²) in [5.74, 6) is 0. The van der Waals surface area contributed by atoms with Crippen LogP contribution in [0.2, 0.25) is 0 Å². The van der Waals surface area contributed by atoms with Crippen LogP contribution in [0.15, 0.2) is 0 Å². The molecule has 1 N–H and O–H groups in total. The summed E-state index contributed by atoms with van der Waals surface area (Å²) in [6.45, 7) is 2.43. The first-order valence-electron chi connectivity index (χ1n) is 4.84. The maximum Gasteiger partial charge on any atom is 0.402 e. The van der Waals surface area contributed by atoms with Crippen molar-refractivity contribution in [2.45, 2.75) is 25.3 Å². The lowest BCUT2D eigenvalue weighted by Gasteiger charge is -2.23. The van der Waals surface area contributed by atoms with Crippen LogP contribution in [0, 0.1) is 0 Å². The standard InChI is InChI=1S/C8H17F3N2O2S/c1-4-12-5-7(2)16(14,15)13(3)6-8(9,10)11/h7,12H,4-6H2,1-3H3. The topological polar surface area (TPSA) is 49.4 Å². The van der Waals surface area contributed by atoms with Gasteiger partial charge in [0.2, 0.25) is 10.0 Å². The molecule has 98 valence electrons. The average molecular weight is 262 g/mol. The van der Waals surface area contributed by atoms with Crippen LogP contribution in [-0.4, -0.2) is 50.8 Å². The van der Waals surface area contributed by atoms with Crippen molar-refractivity contribution in [1.82, 2.24) is 9.62 Å². The zero-order chi connectivity index (χ0) is 13.0. The van der Waals surface area contributed by atoms with E-state index in [1.807, 2.05) is 0 Å². The molecule has 0 saturated carbocycles. The second-order valence-corrected chi connectivity index (χ2v) is 5.99. The first kappa shape index (κ1) is 15.7. The van der Waals surface area contributed by atoms with Crippen molar-refractivity contribution in [1.29, 1.82) is 0 Å². The molecule has 0 amide bonds. The van der Waals surface area contributed by atoms with Gasteiger partial charge in [-0.15, -0.1) is 0 Å². The van der Waals surface area contributed by atoms with Gasteiger partial charge in [-0.1, -0.05) is 6.92 Å². The van der Waals surface area contributed by atoms with Gasteiger partial charge in [0.1, 0.15) is 6.54 Å². The molecule has 0 fully saturated rings. The average Bonchev–Trinajstić information content (AvgIpc) is 2.11. The minimum Gasteiger partial charge on any atom is -0.316 e. The van der Waals surface area contributed by atoms with Crippen LogP contribution in [0.4, 0.5) is 13.2 Å². The van der Waals surface area contributed by atoms with Gasteiger partial charge in [0, 0.05) is 13.6 Å². The molecule has 1 atom stereocenters. The summed E-state index contributed by atoms with van der Waals surface area (Å²) < 4.78 is 59.6. The zero-order valence-corrected chi connectivity index (χ0v) is 10.3. The van der Waals surface area contributed by atoms with E-state index in [1.54, 1.807) is 6.92 Å². The number of halogens is 3. The highest BCUT2D eigenvalue weighted by Crippen LogP contribution is 2.18. The van der Waals surface area contributed by atoms with Gasteiger partial charge < -0.3 is 5.32 Å². The fourth-order valence-corrected chi connectivity index (χ4v) is 2.37. The second kappa shape index (κ2) is 5.83. The molecule has 0 bridgehead atoms. The molecule has 0 aliphatic heterocycles. The predicted molar refractivity (Wildman–Crippen MR) is 55.6 cm³/mol. The third-order valence-corrected chi connectivity index (χ3v) is 4.21. The van der Waals surface area contributed by atoms with Gasteiger partial charge >= 0.3 is 6.18 Å². The summed E-state index contributed by atoms with van der Waals surface area (Å²) in [5, 5.41) is 1.91. The molecule has 0 aliphatic rings. The van der Waals surface area contributed by atoms with Crippen LogP contribution in [0.3, 0.4) is 0 Å². The van der Waals surface area contributed by atoms with E-state index < -0.39 is 28.0 Å². The lowest BCUT2D eigenvalue weighted by Crippen LogP contribution is -2.43. The van der Waals surface area contributed by atoms with Crippen molar-refractivity contribution in [3.8, 4) is 0 Å². The van der Waals surface area contributed by atoms with E-state index in [0.717, 1.165) is 7.05 Å². The monoisotopic (exact) mass is 262 g/mol. The molecule has 0 aromatic carbocycles. The predicted octanol–water partition coefficient (Wildman–Crippen LogP) is 0.808. The Morgan fingerprint density at radius 3 is 2.25 bits per heavy atom. The molecule has 0 saturated heterocycles. The lowest BCUT2D eigenvalue weighted by atomic mass is 10.5. The smallest absolute Gasteiger partial charge is 0.316 e. The van der Waals surface area contributed by atoms with E-state index in [0.29, 0.717) is 10.8 Å². The Labute approximate surface area is 93.9 Å². The van der Waals surface area contributed by atoms with E-state index in [4.69, 9.17) is 0 Å². The SMILES string of the molecule is CCNCC(C)S(=O)(=O)N(C)CC(F)(F)F. The zero-order valence-electron chi connectivity index (χ0n) is 9.50. The van der Waals surface area contributed by atoms with Gasteiger partial charge in [-0.3, -0.25) is 0 Å². The highest BCUT2D eigenvalue weighted by molar-refractivity contribution is 7.89. The minimum atomic E-state index is -4.51. The summed E-state index contributed by atoms with van der Waals surface area (Å²) >= 11 is 0. The van der Waals surface area contributed by atoms with E-state index in [2.05, 4.69) is 5.32 Å². The van der Waals surface area contributed by atoms with Gasteiger partial charge in [0.25, 0.3) is 0 Å². The number of sulfonamides is 1. The quantitative estimate of drug-likeness (QED) is 0.770. The van der Waals surface area contributed by atoms with Crippen LogP contribution in [-0.2, 0) is 10.0 Å². The Bertz CT molecular complexity index is 303. The second-order valence-electron chi connectivity index (χ2n) is 3.53. The number of alkyl halides is 3. The molecule has 4 nitrogen and oxygen atoms in total. The van der Waals surface area contributed by atoms with Crippen molar-refractivity contribution in [2.75, 3.05) is 26.7 Å². The first-order valence-corrected chi connectivity index (χ1v) is 6.34. The molecule has 0 spiro atoms. The van der Waals surface area contributed by atoms with Crippen molar-refractivity contribution >= 4 is 10.0 Å². The van der Waals surface area contributed by atoms with Gasteiger partial charge in [-0.2, -0.15) is 17.5 Å². The third kappa shape index (κ3) is 5.13. The van der Waals surface area contributed by atoms with Gasteiger partial charge in [0.05, 0.1) is 5.25 Å². The normalized spacial score (nSPS) is 15.4. The van der Waals surface area contributed by atoms with Gasteiger partial charge in [-0.25, -0.2) is 8.42 Å². The molecular weight excluding hydrogens is 245 g/mol. The summed E-state index contributed by atoms with van der Waals surface area (Å²) in [4.78, 5) is 0. The van der Waals surface area contributed by atoms with Crippen molar-refractivity contribution in [2.24, 2.45) is 0 Å². The maximum atomic E-state index is 12.0. The molecule has 0 aliphatic carbocycles. The fourth-order valence-electron chi connectivity index (χ4n) is 1.10. The van der Waals surface area contributed by atoms with Crippen LogP contribution < -0.4 is 5.32 Å². The highest BCUT2D eigenvalue weighted by atomic mass is 32.2. The third-order valence-electron chi connectivity index (χ3n) is 2.03. The van der Waals surface area contributed by atoms with E-state index >= 15 is 0 Å². The Morgan fingerprint density at radius 2 is 1.88 bits per heavy atom. The molecular formula is C8H17F3N2O2S. The lowest BCUT2D eigenvalue weighted by molar-refractivity contribution is -0.134. The summed E-state index contributed by atoms with van der Waals surface area (Å²) in [5.41, 5.74) is 0. The largest absolute Gasteiger partial charge is 0.402 e. The fraction of sp³-hybridized carbons (Fsp3) is 1.00. The number of nitrogens with zero attached hydrogens (tertiary/aromatic N) is 1. The van der Waals surface area contributed by atoms with E-state index in [9.17, 15) is 21.6 Å². The Balaban J connectivity index is 4.53. The molecule has 0 rings (SSSR count). The van der Waals surface area contributed by atoms with Crippen LogP contribution >= 0.6 is 0 Å². The minimum absolute atomic E-state index is 0.140. The molecule has 0 heterocycles. The number of hydrogen-bond acceptors (Lipinski definition) is 3. The molecule has 0 radical (unpaired) electrons. The number of rotatable bonds is 6.